The molecule has 0 saturated heterocycles. The number of benzene rings is 2. The van der Waals surface area contributed by atoms with Gasteiger partial charge in [-0.1, -0.05) is 30.3 Å². The first-order valence-corrected chi connectivity index (χ1v) is 8.66. The number of fused-ring (bicyclic) bond motifs is 9. The van der Waals surface area contributed by atoms with Gasteiger partial charge in [-0.2, -0.15) is 4.98 Å². The first kappa shape index (κ1) is 12.5. The molecule has 6 rings (SSSR count). The Balaban J connectivity index is 2.02. The van der Waals surface area contributed by atoms with E-state index in [1.807, 2.05) is 6.20 Å². The van der Waals surface area contributed by atoms with E-state index >= 15 is 0 Å². The number of rotatable bonds is 0. The first-order valence-electron chi connectivity index (χ1n) is 7.85. The maximum atomic E-state index is 4.81. The number of hydrogen-bond acceptors (Lipinski definition) is 3. The summed E-state index contributed by atoms with van der Waals surface area (Å²) >= 11 is 1.79. The number of aromatic nitrogens is 4. The Kier molecular flexibility index (Phi) is 2.15. The molecule has 6 aromatic rings. The van der Waals surface area contributed by atoms with Crippen molar-refractivity contribution in [3.05, 3.63) is 54.7 Å². The summed E-state index contributed by atoms with van der Waals surface area (Å²) in [5.41, 5.74) is 4.26. The quantitative estimate of drug-likeness (QED) is 0.403. The molecule has 0 bridgehead atoms. The molecular weight excluding hydrogens is 316 g/mol. The molecule has 24 heavy (non-hydrogen) atoms. The van der Waals surface area contributed by atoms with Gasteiger partial charge in [-0.25, -0.2) is 4.98 Å². The molecule has 0 fully saturated rings. The Hall–Kier alpha value is -2.92. The zero-order valence-corrected chi connectivity index (χ0v) is 13.7. The monoisotopic (exact) mass is 328 g/mol. The van der Waals surface area contributed by atoms with E-state index in [9.17, 15) is 0 Å². The molecule has 4 aromatic heterocycles. The number of para-hydroxylation sites is 2. The van der Waals surface area contributed by atoms with Crippen molar-refractivity contribution in [3.8, 4) is 0 Å². The average Bonchev–Trinajstić information content (AvgIpc) is 3.25. The van der Waals surface area contributed by atoms with Crippen molar-refractivity contribution in [2.75, 3.05) is 0 Å². The van der Waals surface area contributed by atoms with E-state index in [2.05, 4.69) is 69.5 Å². The van der Waals surface area contributed by atoms with Gasteiger partial charge in [0.2, 0.25) is 5.78 Å². The van der Waals surface area contributed by atoms with Crippen LogP contribution in [-0.2, 0) is 7.05 Å². The van der Waals surface area contributed by atoms with Gasteiger partial charge in [-0.15, -0.1) is 11.3 Å². The van der Waals surface area contributed by atoms with Crippen molar-refractivity contribution >= 4 is 59.5 Å². The topological polar surface area (TPSA) is 35.1 Å². The van der Waals surface area contributed by atoms with Crippen LogP contribution >= 0.6 is 11.3 Å². The lowest BCUT2D eigenvalue weighted by atomic mass is 10.1. The lowest BCUT2D eigenvalue weighted by Gasteiger charge is -1.97. The van der Waals surface area contributed by atoms with Crippen LogP contribution in [0.5, 0.6) is 0 Å². The van der Waals surface area contributed by atoms with Crippen LogP contribution < -0.4 is 0 Å². The van der Waals surface area contributed by atoms with Crippen molar-refractivity contribution in [2.45, 2.75) is 0 Å². The summed E-state index contributed by atoms with van der Waals surface area (Å²) in [5, 5.41) is 2.53. The summed E-state index contributed by atoms with van der Waals surface area (Å²) in [4.78, 5) is 9.44. The largest absolute Gasteiger partial charge is 0.313 e. The summed E-state index contributed by atoms with van der Waals surface area (Å²) < 4.78 is 6.88. The zero-order chi connectivity index (χ0) is 15.8. The Bertz CT molecular complexity index is 1420. The van der Waals surface area contributed by atoms with Gasteiger partial charge in [0.05, 0.1) is 15.7 Å². The van der Waals surface area contributed by atoms with Crippen LogP contribution in [0.25, 0.3) is 48.1 Å². The van der Waals surface area contributed by atoms with Gasteiger partial charge in [-0.05, 0) is 18.2 Å². The van der Waals surface area contributed by atoms with E-state index in [1.54, 1.807) is 11.3 Å². The third-order valence-corrected chi connectivity index (χ3v) is 5.89. The molecule has 5 heteroatoms. The van der Waals surface area contributed by atoms with Crippen LogP contribution in [0.1, 0.15) is 0 Å². The third kappa shape index (κ3) is 1.35. The summed E-state index contributed by atoms with van der Waals surface area (Å²) in [6.07, 6.45) is 1.96. The van der Waals surface area contributed by atoms with Gasteiger partial charge in [0, 0.05) is 28.7 Å². The highest BCUT2D eigenvalue weighted by molar-refractivity contribution is 7.26. The standard InChI is InChI=1S/C19H12N4S/c1-22-12-7-3-4-8-13(12)23-17-16-11-6-2-5-9-14(11)24-15(16)10-20-18(17)21-19(22)23/h2-10H,1H3. The fourth-order valence-corrected chi connectivity index (χ4v) is 4.81. The summed E-state index contributed by atoms with van der Waals surface area (Å²) in [7, 11) is 2.06. The number of imidazole rings is 2. The van der Waals surface area contributed by atoms with E-state index in [4.69, 9.17) is 4.98 Å². The molecule has 0 N–H and O–H groups in total. The second-order valence-electron chi connectivity index (χ2n) is 6.06. The highest BCUT2D eigenvalue weighted by atomic mass is 32.1. The molecule has 0 saturated carbocycles. The third-order valence-electron chi connectivity index (χ3n) is 4.79. The molecular formula is C19H12N4S. The molecule has 0 aliphatic rings. The molecule has 0 unspecified atom stereocenters. The fourth-order valence-electron chi connectivity index (χ4n) is 3.73. The van der Waals surface area contributed by atoms with E-state index < -0.39 is 0 Å². The second-order valence-corrected chi connectivity index (χ2v) is 7.15. The summed E-state index contributed by atoms with van der Waals surface area (Å²) in [5.74, 6) is 0.932. The number of hydrogen-bond donors (Lipinski definition) is 0. The first-order chi connectivity index (χ1) is 11.8. The molecule has 0 spiro atoms. The van der Waals surface area contributed by atoms with Crippen LogP contribution in [-0.4, -0.2) is 18.9 Å². The van der Waals surface area contributed by atoms with E-state index in [0.717, 1.165) is 16.9 Å². The predicted octanol–water partition coefficient (Wildman–Crippen LogP) is 4.74. The Morgan fingerprint density at radius 2 is 1.71 bits per heavy atom. The van der Waals surface area contributed by atoms with Gasteiger partial charge in [0.25, 0.3) is 0 Å². The van der Waals surface area contributed by atoms with Crippen molar-refractivity contribution in [1.29, 1.82) is 0 Å². The maximum Gasteiger partial charge on any atom is 0.217 e. The molecule has 0 radical (unpaired) electrons. The molecule has 2 aromatic carbocycles. The van der Waals surface area contributed by atoms with Gasteiger partial charge in [0.1, 0.15) is 5.52 Å². The van der Waals surface area contributed by atoms with Crippen LogP contribution in [0, 0.1) is 0 Å². The minimum atomic E-state index is 0.808. The van der Waals surface area contributed by atoms with Gasteiger partial charge in [0.15, 0.2) is 5.65 Å². The SMILES string of the molecule is Cn1c2ccccc2n2c3c(ncc4sc5ccccc5c43)nc12. The fraction of sp³-hybridized carbons (Fsp3) is 0.0526. The minimum absolute atomic E-state index is 0.808. The highest BCUT2D eigenvalue weighted by Gasteiger charge is 2.18. The Morgan fingerprint density at radius 1 is 0.917 bits per heavy atom. The number of nitrogens with zero attached hydrogens (tertiary/aromatic N) is 4. The predicted molar refractivity (Wildman–Crippen MR) is 99.9 cm³/mol. The smallest absolute Gasteiger partial charge is 0.217 e. The molecule has 0 aliphatic heterocycles. The Labute approximate surface area is 140 Å². The van der Waals surface area contributed by atoms with Gasteiger partial charge >= 0.3 is 0 Å². The normalized spacial score (nSPS) is 12.4. The van der Waals surface area contributed by atoms with Crippen molar-refractivity contribution in [1.82, 2.24) is 18.9 Å². The molecule has 0 amide bonds. The van der Waals surface area contributed by atoms with Crippen LogP contribution in [0.4, 0.5) is 0 Å². The van der Waals surface area contributed by atoms with E-state index in [0.29, 0.717) is 0 Å². The minimum Gasteiger partial charge on any atom is -0.313 e. The molecule has 0 aliphatic carbocycles. The Morgan fingerprint density at radius 3 is 2.62 bits per heavy atom. The second kappa shape index (κ2) is 4.13. The van der Waals surface area contributed by atoms with E-state index in [-0.39, 0.29) is 0 Å². The van der Waals surface area contributed by atoms with Crippen LogP contribution in [0.3, 0.4) is 0 Å². The molecule has 4 nitrogen and oxygen atoms in total. The number of thiophene rings is 1. The lowest BCUT2D eigenvalue weighted by Crippen LogP contribution is -1.87. The van der Waals surface area contributed by atoms with Crippen molar-refractivity contribution < 1.29 is 0 Å². The van der Waals surface area contributed by atoms with Crippen molar-refractivity contribution in [3.63, 3.8) is 0 Å². The lowest BCUT2D eigenvalue weighted by molar-refractivity contribution is 0.973. The van der Waals surface area contributed by atoms with E-state index in [1.165, 1.54) is 31.2 Å². The average molecular weight is 328 g/mol. The number of pyridine rings is 1. The molecule has 0 atom stereocenters. The number of aryl methyl sites for hydroxylation is 1. The zero-order valence-electron chi connectivity index (χ0n) is 12.9. The summed E-state index contributed by atoms with van der Waals surface area (Å²) in [6, 6.07) is 17.0. The summed E-state index contributed by atoms with van der Waals surface area (Å²) in [6.45, 7) is 0. The molecule has 4 heterocycles. The van der Waals surface area contributed by atoms with Gasteiger partial charge < -0.3 is 4.57 Å². The highest BCUT2D eigenvalue weighted by Crippen LogP contribution is 2.38. The van der Waals surface area contributed by atoms with Gasteiger partial charge in [-0.3, -0.25) is 4.40 Å². The van der Waals surface area contributed by atoms with Crippen LogP contribution in [0.2, 0.25) is 0 Å². The van der Waals surface area contributed by atoms with Crippen molar-refractivity contribution in [2.24, 2.45) is 7.05 Å². The molecule has 114 valence electrons. The maximum absolute atomic E-state index is 4.81. The van der Waals surface area contributed by atoms with Crippen LogP contribution in [0.15, 0.2) is 54.7 Å².